The summed E-state index contributed by atoms with van der Waals surface area (Å²) in [5, 5.41) is 1.03. The Labute approximate surface area is 227 Å². The second kappa shape index (κ2) is 11.6. The van der Waals surface area contributed by atoms with Crippen molar-refractivity contribution in [3.05, 3.63) is 42.2 Å². The largest absolute Gasteiger partial charge is 0.493 e. The number of hydrogen-bond acceptors (Lipinski definition) is 8. The van der Waals surface area contributed by atoms with E-state index in [0.717, 1.165) is 74.9 Å². The molecular weight excluding hydrogens is 476 g/mol. The highest BCUT2D eigenvalue weighted by Gasteiger charge is 2.30. The Balaban J connectivity index is 0.00000144. The summed E-state index contributed by atoms with van der Waals surface area (Å²) in [5.74, 6) is 3.90. The molecule has 0 amide bonds. The molecule has 6 rings (SSSR count). The molecule has 0 radical (unpaired) electrons. The Morgan fingerprint density at radius 3 is 1.79 bits per heavy atom. The Morgan fingerprint density at radius 1 is 0.711 bits per heavy atom. The maximum Gasteiger partial charge on any atom is 0.162 e. The normalized spacial score (nSPS) is 18.3. The van der Waals surface area contributed by atoms with Gasteiger partial charge in [-0.1, -0.05) is 26.0 Å². The van der Waals surface area contributed by atoms with Gasteiger partial charge in [0.25, 0.3) is 0 Å². The van der Waals surface area contributed by atoms with Crippen LogP contribution in [0.2, 0.25) is 0 Å². The van der Waals surface area contributed by atoms with Gasteiger partial charge in [-0.2, -0.15) is 0 Å². The van der Waals surface area contributed by atoms with Crippen molar-refractivity contribution in [2.24, 2.45) is 0 Å². The zero-order valence-electron chi connectivity index (χ0n) is 23.6. The molecule has 3 heterocycles. The van der Waals surface area contributed by atoms with Crippen molar-refractivity contribution in [3.8, 4) is 11.5 Å². The van der Waals surface area contributed by atoms with E-state index in [1.54, 1.807) is 14.2 Å². The number of hydrogen-bond donors (Lipinski definition) is 0. The van der Waals surface area contributed by atoms with E-state index in [2.05, 4.69) is 50.9 Å². The minimum Gasteiger partial charge on any atom is -0.493 e. The molecule has 2 aliphatic heterocycles. The number of methoxy groups -OCH3 is 2. The predicted octanol–water partition coefficient (Wildman–Crippen LogP) is 4.63. The zero-order chi connectivity index (χ0) is 26.6. The summed E-state index contributed by atoms with van der Waals surface area (Å²) >= 11 is 0. The molecule has 3 fully saturated rings. The number of anilines is 3. The van der Waals surface area contributed by atoms with E-state index >= 15 is 0 Å². The summed E-state index contributed by atoms with van der Waals surface area (Å²) in [6.07, 6.45) is 2.35. The molecule has 1 aromatic heterocycles. The number of fused-ring (bicyclic) bond motifs is 1. The zero-order valence-corrected chi connectivity index (χ0v) is 23.6. The van der Waals surface area contributed by atoms with Crippen molar-refractivity contribution in [1.82, 2.24) is 14.9 Å². The van der Waals surface area contributed by atoms with Gasteiger partial charge < -0.3 is 29.1 Å². The van der Waals surface area contributed by atoms with E-state index in [9.17, 15) is 0 Å². The Morgan fingerprint density at radius 2 is 1.24 bits per heavy atom. The van der Waals surface area contributed by atoms with Crippen LogP contribution in [0.1, 0.15) is 38.4 Å². The molecule has 3 aromatic rings. The van der Waals surface area contributed by atoms with Crippen LogP contribution in [0.5, 0.6) is 11.5 Å². The number of likely N-dealkylation sites (N-methyl/N-ethyl adjacent to an activating group) is 1. The van der Waals surface area contributed by atoms with Gasteiger partial charge in [0.05, 0.1) is 31.1 Å². The van der Waals surface area contributed by atoms with Crippen LogP contribution in [0.3, 0.4) is 0 Å². The van der Waals surface area contributed by atoms with Crippen molar-refractivity contribution in [1.29, 1.82) is 0 Å². The van der Waals surface area contributed by atoms with Crippen LogP contribution >= 0.6 is 0 Å². The molecule has 0 unspecified atom stereocenters. The van der Waals surface area contributed by atoms with Gasteiger partial charge in [-0.25, -0.2) is 9.97 Å². The highest BCUT2D eigenvalue weighted by molar-refractivity contribution is 5.92. The number of aromatic nitrogens is 2. The van der Waals surface area contributed by atoms with Gasteiger partial charge in [0, 0.05) is 69.7 Å². The Kier molecular flexibility index (Phi) is 8.07. The van der Waals surface area contributed by atoms with E-state index < -0.39 is 0 Å². The summed E-state index contributed by atoms with van der Waals surface area (Å²) in [4.78, 5) is 19.9. The molecule has 38 heavy (non-hydrogen) atoms. The average molecular weight is 519 g/mol. The Bertz CT molecular complexity index is 1230. The van der Waals surface area contributed by atoms with Crippen molar-refractivity contribution >= 4 is 28.1 Å². The molecule has 204 valence electrons. The first kappa shape index (κ1) is 26.4. The summed E-state index contributed by atoms with van der Waals surface area (Å²) in [7, 11) is 5.56. The molecule has 1 saturated carbocycles. The second-order valence-corrected chi connectivity index (χ2v) is 10.2. The number of benzene rings is 2. The fourth-order valence-electron chi connectivity index (χ4n) is 5.43. The molecule has 2 saturated heterocycles. The quantitative estimate of drug-likeness (QED) is 0.468. The van der Waals surface area contributed by atoms with E-state index in [0.29, 0.717) is 17.4 Å². The van der Waals surface area contributed by atoms with Crippen molar-refractivity contribution in [2.45, 2.75) is 32.6 Å². The van der Waals surface area contributed by atoms with Gasteiger partial charge in [-0.15, -0.1) is 0 Å². The van der Waals surface area contributed by atoms with Gasteiger partial charge in [0.1, 0.15) is 11.6 Å². The average Bonchev–Trinajstić information content (AvgIpc) is 3.83. The number of ether oxygens (including phenoxy) is 2. The first-order chi connectivity index (χ1) is 18.6. The molecule has 2 aromatic carbocycles. The summed E-state index contributed by atoms with van der Waals surface area (Å²) in [5.41, 5.74) is 3.64. The van der Waals surface area contributed by atoms with Crippen molar-refractivity contribution < 1.29 is 9.47 Å². The van der Waals surface area contributed by atoms with Crippen LogP contribution in [0.4, 0.5) is 17.2 Å². The van der Waals surface area contributed by atoms with E-state index in [4.69, 9.17) is 19.4 Å². The maximum absolute atomic E-state index is 5.61. The molecule has 8 heteroatoms. The summed E-state index contributed by atoms with van der Waals surface area (Å²) in [6, 6.07) is 12.9. The first-order valence-corrected chi connectivity index (χ1v) is 14.1. The third kappa shape index (κ3) is 5.32. The van der Waals surface area contributed by atoms with E-state index in [1.165, 1.54) is 24.2 Å². The lowest BCUT2D eigenvalue weighted by Gasteiger charge is -2.40. The third-order valence-electron chi connectivity index (χ3n) is 7.79. The van der Waals surface area contributed by atoms with Crippen molar-refractivity contribution in [2.75, 3.05) is 88.3 Å². The lowest BCUT2D eigenvalue weighted by Crippen LogP contribution is -2.48. The monoisotopic (exact) mass is 518 g/mol. The first-order valence-electron chi connectivity index (χ1n) is 14.1. The molecule has 0 N–H and O–H groups in total. The van der Waals surface area contributed by atoms with E-state index in [-0.39, 0.29) is 0 Å². The maximum atomic E-state index is 5.61. The van der Waals surface area contributed by atoms with E-state index in [1.807, 2.05) is 26.0 Å². The summed E-state index contributed by atoms with van der Waals surface area (Å²) < 4.78 is 11.2. The van der Waals surface area contributed by atoms with Gasteiger partial charge in [-0.05, 0) is 38.1 Å². The molecule has 1 aliphatic carbocycles. The topological polar surface area (TPSA) is 57.2 Å². The fourth-order valence-corrected chi connectivity index (χ4v) is 5.43. The van der Waals surface area contributed by atoms with Crippen LogP contribution in [0, 0.1) is 0 Å². The van der Waals surface area contributed by atoms with Gasteiger partial charge in [-0.3, -0.25) is 0 Å². The highest BCUT2D eigenvalue weighted by Crippen LogP contribution is 2.42. The predicted molar refractivity (Wildman–Crippen MR) is 157 cm³/mol. The minimum absolute atomic E-state index is 0.484. The molecule has 8 nitrogen and oxygen atoms in total. The van der Waals surface area contributed by atoms with Gasteiger partial charge >= 0.3 is 0 Å². The SMILES string of the molecule is CC.COc1cc2nc(C3CC3)nc(N3CCN(c4ccccc4N4CCN(C)CC4)CC3)c2cc1OC. The molecule has 0 bridgehead atoms. The fraction of sp³-hybridized carbons (Fsp3) is 0.533. The minimum atomic E-state index is 0.484. The number of piperazine rings is 2. The molecular formula is C30H42N6O2. The highest BCUT2D eigenvalue weighted by atomic mass is 16.5. The number of nitrogens with zero attached hydrogens (tertiary/aromatic N) is 6. The Hall–Kier alpha value is -3.26. The third-order valence-corrected chi connectivity index (χ3v) is 7.79. The lowest BCUT2D eigenvalue weighted by molar-refractivity contribution is 0.313. The molecule has 0 spiro atoms. The summed E-state index contributed by atoms with van der Waals surface area (Å²) in [6.45, 7) is 12.1. The van der Waals surface area contributed by atoms with Crippen LogP contribution in [0.25, 0.3) is 10.9 Å². The van der Waals surface area contributed by atoms with Crippen LogP contribution < -0.4 is 24.2 Å². The molecule has 3 aliphatic rings. The second-order valence-electron chi connectivity index (χ2n) is 10.2. The smallest absolute Gasteiger partial charge is 0.162 e. The van der Waals surface area contributed by atoms with Crippen molar-refractivity contribution in [3.63, 3.8) is 0 Å². The lowest BCUT2D eigenvalue weighted by atomic mass is 10.1. The van der Waals surface area contributed by atoms with Crippen LogP contribution in [0.15, 0.2) is 36.4 Å². The number of para-hydroxylation sites is 2. The van der Waals surface area contributed by atoms with Gasteiger partial charge in [0.2, 0.25) is 0 Å². The van der Waals surface area contributed by atoms with Crippen LogP contribution in [-0.4, -0.2) is 88.5 Å². The molecule has 0 atom stereocenters. The van der Waals surface area contributed by atoms with Gasteiger partial charge in [0.15, 0.2) is 11.5 Å². The number of rotatable bonds is 6. The van der Waals surface area contributed by atoms with Crippen LogP contribution in [-0.2, 0) is 0 Å². The standard InChI is InChI=1S/C28H36N6O2.C2H6/c1-31-10-12-32(13-11-31)23-6-4-5-7-24(23)33-14-16-34(17-15-33)28-21-18-25(35-2)26(36-3)19-22(21)29-27(30-28)20-8-9-20;1-2/h4-7,18-20H,8-17H2,1-3H3;1-2H3.